The molecule has 2 N–H and O–H groups in total. The molecule has 0 aliphatic carbocycles. The second kappa shape index (κ2) is 5.89. The maximum atomic E-state index is 5.88. The van der Waals surface area contributed by atoms with Crippen LogP contribution in [0.5, 0.6) is 0 Å². The molecule has 0 radical (unpaired) electrons. The lowest BCUT2D eigenvalue weighted by Gasteiger charge is -2.15. The highest BCUT2D eigenvalue weighted by Gasteiger charge is 2.11. The first-order valence-corrected chi connectivity index (χ1v) is 6.66. The van der Waals surface area contributed by atoms with Crippen LogP contribution < -0.4 is 5.73 Å². The Morgan fingerprint density at radius 2 is 1.82 bits per heavy atom. The van der Waals surface area contributed by atoms with Gasteiger partial charge in [0.25, 0.3) is 0 Å². The molecule has 0 bridgehead atoms. The highest BCUT2D eigenvalue weighted by molar-refractivity contribution is 7.99. The Hall–Kier alpha value is -1.25. The van der Waals surface area contributed by atoms with Crippen LogP contribution in [0, 0.1) is 6.92 Å². The monoisotopic (exact) mass is 243 g/mol. The zero-order valence-electron chi connectivity index (χ0n) is 9.97. The van der Waals surface area contributed by atoms with E-state index < -0.39 is 0 Å². The van der Waals surface area contributed by atoms with Gasteiger partial charge in [-0.3, -0.25) is 0 Å². The second-order valence-electron chi connectivity index (χ2n) is 4.07. The number of thioether (sulfide) groups is 1. The van der Waals surface area contributed by atoms with E-state index in [0.717, 1.165) is 0 Å². The predicted octanol–water partition coefficient (Wildman–Crippen LogP) is 3.79. The molecule has 2 heteroatoms. The van der Waals surface area contributed by atoms with Crippen molar-refractivity contribution in [3.05, 3.63) is 65.7 Å². The molecule has 17 heavy (non-hydrogen) atoms. The molecular formula is C15H17NS. The average molecular weight is 243 g/mol. The maximum Gasteiger partial charge on any atom is 0.0466 e. The van der Waals surface area contributed by atoms with Crippen LogP contribution in [0.15, 0.2) is 59.5 Å². The SMILES string of the molecule is Cc1cccc(C(CN)Sc2ccccc2)c1. The van der Waals surface area contributed by atoms with Crippen LogP contribution in [-0.4, -0.2) is 6.54 Å². The van der Waals surface area contributed by atoms with Gasteiger partial charge in [-0.25, -0.2) is 0 Å². The summed E-state index contributed by atoms with van der Waals surface area (Å²) in [6, 6.07) is 19.0. The van der Waals surface area contributed by atoms with E-state index in [1.807, 2.05) is 17.8 Å². The fourth-order valence-corrected chi connectivity index (χ4v) is 2.81. The number of nitrogens with two attached hydrogens (primary N) is 1. The van der Waals surface area contributed by atoms with Gasteiger partial charge in [-0.05, 0) is 24.6 Å². The smallest absolute Gasteiger partial charge is 0.0466 e. The van der Waals surface area contributed by atoms with E-state index in [9.17, 15) is 0 Å². The van der Waals surface area contributed by atoms with Gasteiger partial charge >= 0.3 is 0 Å². The summed E-state index contributed by atoms with van der Waals surface area (Å²) in [5.41, 5.74) is 8.48. The Morgan fingerprint density at radius 3 is 2.47 bits per heavy atom. The van der Waals surface area contributed by atoms with E-state index in [1.165, 1.54) is 16.0 Å². The van der Waals surface area contributed by atoms with Crippen molar-refractivity contribution in [1.29, 1.82) is 0 Å². The number of hydrogen-bond donors (Lipinski definition) is 1. The van der Waals surface area contributed by atoms with E-state index in [1.54, 1.807) is 0 Å². The van der Waals surface area contributed by atoms with Gasteiger partial charge in [-0.2, -0.15) is 0 Å². The molecule has 0 aliphatic heterocycles. The molecule has 0 fully saturated rings. The molecule has 0 saturated carbocycles. The molecule has 0 spiro atoms. The van der Waals surface area contributed by atoms with Crippen molar-refractivity contribution in [2.75, 3.05) is 6.54 Å². The molecule has 0 saturated heterocycles. The van der Waals surface area contributed by atoms with Crippen LogP contribution in [0.3, 0.4) is 0 Å². The minimum atomic E-state index is 0.331. The van der Waals surface area contributed by atoms with Gasteiger partial charge in [0.15, 0.2) is 0 Å². The van der Waals surface area contributed by atoms with Crippen LogP contribution in [0.25, 0.3) is 0 Å². The van der Waals surface area contributed by atoms with Crippen LogP contribution in [0.1, 0.15) is 16.4 Å². The van der Waals surface area contributed by atoms with Crippen molar-refractivity contribution < 1.29 is 0 Å². The molecule has 2 aromatic rings. The van der Waals surface area contributed by atoms with E-state index in [2.05, 4.69) is 55.5 Å². The van der Waals surface area contributed by atoms with Crippen LogP contribution in [-0.2, 0) is 0 Å². The number of rotatable bonds is 4. The Morgan fingerprint density at radius 1 is 1.06 bits per heavy atom. The summed E-state index contributed by atoms with van der Waals surface area (Å²) in [4.78, 5) is 1.27. The predicted molar refractivity (Wildman–Crippen MR) is 75.3 cm³/mol. The molecule has 2 rings (SSSR count). The zero-order valence-corrected chi connectivity index (χ0v) is 10.8. The summed E-state index contributed by atoms with van der Waals surface area (Å²) in [6.07, 6.45) is 0. The molecule has 0 aliphatic rings. The van der Waals surface area contributed by atoms with Gasteiger partial charge in [0.05, 0.1) is 0 Å². The van der Waals surface area contributed by atoms with Crippen LogP contribution in [0.4, 0.5) is 0 Å². The lowest BCUT2D eigenvalue weighted by Crippen LogP contribution is -2.09. The van der Waals surface area contributed by atoms with Crippen LogP contribution >= 0.6 is 11.8 Å². The fraction of sp³-hybridized carbons (Fsp3) is 0.200. The summed E-state index contributed by atoms with van der Waals surface area (Å²) in [7, 11) is 0. The first-order valence-electron chi connectivity index (χ1n) is 5.78. The van der Waals surface area contributed by atoms with Crippen molar-refractivity contribution in [3.8, 4) is 0 Å². The van der Waals surface area contributed by atoms with Gasteiger partial charge in [0, 0.05) is 16.7 Å². The first-order chi connectivity index (χ1) is 8.29. The molecular weight excluding hydrogens is 226 g/mol. The molecule has 1 nitrogen and oxygen atoms in total. The molecule has 88 valence electrons. The van der Waals surface area contributed by atoms with Crippen molar-refractivity contribution in [2.45, 2.75) is 17.1 Å². The molecule has 0 amide bonds. The minimum absolute atomic E-state index is 0.331. The quantitative estimate of drug-likeness (QED) is 0.827. The summed E-state index contributed by atoms with van der Waals surface area (Å²) in [6.45, 7) is 2.77. The molecule has 1 unspecified atom stereocenters. The number of benzene rings is 2. The summed E-state index contributed by atoms with van der Waals surface area (Å²) in [5.74, 6) is 0. The second-order valence-corrected chi connectivity index (χ2v) is 5.35. The van der Waals surface area contributed by atoms with Gasteiger partial charge in [-0.1, -0.05) is 48.0 Å². The van der Waals surface area contributed by atoms with E-state index in [4.69, 9.17) is 5.73 Å². The third kappa shape index (κ3) is 3.35. The molecule has 1 atom stereocenters. The van der Waals surface area contributed by atoms with Crippen molar-refractivity contribution >= 4 is 11.8 Å². The fourth-order valence-electron chi connectivity index (χ4n) is 1.79. The third-order valence-corrected chi connectivity index (χ3v) is 3.94. The lowest BCUT2D eigenvalue weighted by atomic mass is 10.1. The maximum absolute atomic E-state index is 5.88. The Labute approximate surface area is 107 Å². The van der Waals surface area contributed by atoms with Gasteiger partial charge in [-0.15, -0.1) is 11.8 Å². The molecule has 0 heterocycles. The normalized spacial score (nSPS) is 12.4. The highest BCUT2D eigenvalue weighted by atomic mass is 32.2. The van der Waals surface area contributed by atoms with Gasteiger partial charge in [0.2, 0.25) is 0 Å². The molecule has 0 aromatic heterocycles. The Bertz CT molecular complexity index is 467. The summed E-state index contributed by atoms with van der Waals surface area (Å²) in [5, 5.41) is 0.331. The van der Waals surface area contributed by atoms with E-state index in [0.29, 0.717) is 11.8 Å². The number of hydrogen-bond acceptors (Lipinski definition) is 2. The van der Waals surface area contributed by atoms with E-state index in [-0.39, 0.29) is 0 Å². The van der Waals surface area contributed by atoms with Crippen molar-refractivity contribution in [2.24, 2.45) is 5.73 Å². The topological polar surface area (TPSA) is 26.0 Å². The highest BCUT2D eigenvalue weighted by Crippen LogP contribution is 2.34. The van der Waals surface area contributed by atoms with Crippen LogP contribution in [0.2, 0.25) is 0 Å². The average Bonchev–Trinajstić information content (AvgIpc) is 2.37. The van der Waals surface area contributed by atoms with Crippen molar-refractivity contribution in [3.63, 3.8) is 0 Å². The van der Waals surface area contributed by atoms with Gasteiger partial charge in [0.1, 0.15) is 0 Å². The number of aryl methyl sites for hydroxylation is 1. The first kappa shape index (κ1) is 12.2. The zero-order chi connectivity index (χ0) is 12.1. The standard InChI is InChI=1S/C15H17NS/c1-12-6-5-7-13(10-12)15(11-16)17-14-8-3-2-4-9-14/h2-10,15H,11,16H2,1H3. The minimum Gasteiger partial charge on any atom is -0.329 e. The summed E-state index contributed by atoms with van der Waals surface area (Å²) >= 11 is 1.83. The lowest BCUT2D eigenvalue weighted by molar-refractivity contribution is 0.939. The Kier molecular flexibility index (Phi) is 4.24. The molecule has 2 aromatic carbocycles. The largest absolute Gasteiger partial charge is 0.329 e. The van der Waals surface area contributed by atoms with Gasteiger partial charge < -0.3 is 5.73 Å². The van der Waals surface area contributed by atoms with E-state index >= 15 is 0 Å². The van der Waals surface area contributed by atoms with Crippen molar-refractivity contribution in [1.82, 2.24) is 0 Å². The third-order valence-electron chi connectivity index (χ3n) is 2.65. The Balaban J connectivity index is 2.17. The summed E-state index contributed by atoms with van der Waals surface area (Å²) < 4.78 is 0.